The zero-order chi connectivity index (χ0) is 22.7. The molecule has 1 amide bonds. The highest BCUT2D eigenvalue weighted by molar-refractivity contribution is 6.09. The first kappa shape index (κ1) is 21.3. The van der Waals surface area contributed by atoms with Crippen molar-refractivity contribution in [1.82, 2.24) is 24.6 Å². The van der Waals surface area contributed by atoms with Crippen molar-refractivity contribution in [3.63, 3.8) is 0 Å². The molecule has 1 aromatic carbocycles. The van der Waals surface area contributed by atoms with E-state index in [2.05, 4.69) is 20.4 Å². The van der Waals surface area contributed by atoms with E-state index in [4.69, 9.17) is 9.26 Å². The molecule has 0 bridgehead atoms. The van der Waals surface area contributed by atoms with E-state index in [9.17, 15) is 4.79 Å². The van der Waals surface area contributed by atoms with E-state index < -0.39 is 0 Å². The minimum Gasteiger partial charge on any atom is -0.479 e. The summed E-state index contributed by atoms with van der Waals surface area (Å²) in [4.78, 5) is 24.0. The summed E-state index contributed by atoms with van der Waals surface area (Å²) in [6.07, 6.45) is 3.50. The van der Waals surface area contributed by atoms with Crippen molar-refractivity contribution in [2.75, 3.05) is 26.5 Å². The first-order valence-corrected chi connectivity index (χ1v) is 10.0. The Bertz CT molecular complexity index is 1230. The highest BCUT2D eigenvalue weighted by Gasteiger charge is 2.23. The Balaban J connectivity index is 1.63. The fourth-order valence-corrected chi connectivity index (χ4v) is 3.40. The molecule has 0 spiro atoms. The molecule has 164 valence electrons. The maximum atomic E-state index is 13.1. The molecule has 0 fully saturated rings. The second-order valence-electron chi connectivity index (χ2n) is 7.50. The SMILES string of the molecule is COc1nc(-n2cncc2CN(C)C)ccc1NC(=O)c1c(-c2ccccc2)noc1C. The average molecular weight is 432 g/mol. The van der Waals surface area contributed by atoms with Gasteiger partial charge in [-0.25, -0.2) is 4.98 Å². The van der Waals surface area contributed by atoms with Gasteiger partial charge < -0.3 is 19.5 Å². The molecule has 0 saturated carbocycles. The van der Waals surface area contributed by atoms with E-state index in [1.165, 1.54) is 7.11 Å². The Kier molecular flexibility index (Phi) is 6.00. The molecule has 9 nitrogen and oxygen atoms in total. The topological polar surface area (TPSA) is 98.3 Å². The smallest absolute Gasteiger partial charge is 0.261 e. The highest BCUT2D eigenvalue weighted by Crippen LogP contribution is 2.29. The number of hydrogen-bond acceptors (Lipinski definition) is 7. The number of nitrogens with one attached hydrogen (secondary N) is 1. The van der Waals surface area contributed by atoms with Gasteiger partial charge in [0.05, 0.1) is 12.8 Å². The summed E-state index contributed by atoms with van der Waals surface area (Å²) < 4.78 is 12.6. The fraction of sp³-hybridized carbons (Fsp3) is 0.217. The monoisotopic (exact) mass is 432 g/mol. The lowest BCUT2D eigenvalue weighted by atomic mass is 10.1. The van der Waals surface area contributed by atoms with E-state index >= 15 is 0 Å². The number of ether oxygens (including phenoxy) is 1. The third-order valence-corrected chi connectivity index (χ3v) is 4.86. The van der Waals surface area contributed by atoms with Gasteiger partial charge in [-0.05, 0) is 33.2 Å². The number of pyridine rings is 1. The number of methoxy groups -OCH3 is 1. The van der Waals surface area contributed by atoms with Gasteiger partial charge in [-0.1, -0.05) is 35.5 Å². The van der Waals surface area contributed by atoms with Gasteiger partial charge in [0, 0.05) is 18.3 Å². The number of hydrogen-bond donors (Lipinski definition) is 1. The summed E-state index contributed by atoms with van der Waals surface area (Å²) in [5.41, 5.74) is 3.06. The van der Waals surface area contributed by atoms with E-state index in [0.29, 0.717) is 35.1 Å². The third-order valence-electron chi connectivity index (χ3n) is 4.86. The van der Waals surface area contributed by atoms with Crippen molar-refractivity contribution in [3.8, 4) is 23.0 Å². The van der Waals surface area contributed by atoms with Gasteiger partial charge in [-0.2, -0.15) is 4.98 Å². The van der Waals surface area contributed by atoms with Crippen LogP contribution in [0.15, 0.2) is 59.5 Å². The van der Waals surface area contributed by atoms with Gasteiger partial charge >= 0.3 is 0 Å². The first-order chi connectivity index (χ1) is 15.5. The van der Waals surface area contributed by atoms with Crippen LogP contribution in [0.3, 0.4) is 0 Å². The molecule has 9 heteroatoms. The predicted molar refractivity (Wildman–Crippen MR) is 120 cm³/mol. The molecular formula is C23H24N6O3. The zero-order valence-electron chi connectivity index (χ0n) is 18.4. The number of aromatic nitrogens is 4. The molecule has 0 aliphatic heterocycles. The largest absolute Gasteiger partial charge is 0.479 e. The van der Waals surface area contributed by atoms with E-state index in [0.717, 1.165) is 11.3 Å². The fourth-order valence-electron chi connectivity index (χ4n) is 3.40. The molecule has 1 N–H and O–H groups in total. The van der Waals surface area contributed by atoms with Crippen LogP contribution in [0, 0.1) is 6.92 Å². The highest BCUT2D eigenvalue weighted by atomic mass is 16.5. The van der Waals surface area contributed by atoms with Crippen LogP contribution >= 0.6 is 0 Å². The molecular weight excluding hydrogens is 408 g/mol. The van der Waals surface area contributed by atoms with Gasteiger partial charge in [-0.3, -0.25) is 9.36 Å². The lowest BCUT2D eigenvalue weighted by molar-refractivity contribution is 0.102. The summed E-state index contributed by atoms with van der Waals surface area (Å²) in [5.74, 6) is 0.999. The number of benzene rings is 1. The Hall–Kier alpha value is -3.98. The Morgan fingerprint density at radius 3 is 2.69 bits per heavy atom. The molecule has 0 unspecified atom stereocenters. The number of carbonyl (C=O) groups excluding carboxylic acids is 1. The van der Waals surface area contributed by atoms with E-state index in [1.807, 2.05) is 53.9 Å². The molecule has 4 rings (SSSR count). The number of amides is 1. The minimum absolute atomic E-state index is 0.288. The number of anilines is 1. The molecule has 0 aliphatic rings. The van der Waals surface area contributed by atoms with Crippen LogP contribution in [0.4, 0.5) is 5.69 Å². The van der Waals surface area contributed by atoms with Crippen molar-refractivity contribution >= 4 is 11.6 Å². The molecule has 3 heterocycles. The van der Waals surface area contributed by atoms with Crippen molar-refractivity contribution < 1.29 is 14.1 Å². The summed E-state index contributed by atoms with van der Waals surface area (Å²) in [6.45, 7) is 2.41. The van der Waals surface area contributed by atoms with Gasteiger partial charge in [-0.15, -0.1) is 0 Å². The van der Waals surface area contributed by atoms with Crippen molar-refractivity contribution in [3.05, 3.63) is 72.0 Å². The molecule has 32 heavy (non-hydrogen) atoms. The van der Waals surface area contributed by atoms with Crippen LogP contribution in [-0.4, -0.2) is 51.7 Å². The molecule has 3 aromatic heterocycles. The lowest BCUT2D eigenvalue weighted by Crippen LogP contribution is -2.16. The summed E-state index contributed by atoms with van der Waals surface area (Å²) in [6, 6.07) is 13.0. The number of imidazole rings is 1. The van der Waals surface area contributed by atoms with Crippen LogP contribution in [0.25, 0.3) is 17.1 Å². The minimum atomic E-state index is -0.355. The van der Waals surface area contributed by atoms with Gasteiger partial charge in [0.25, 0.3) is 5.91 Å². The quantitative estimate of drug-likeness (QED) is 0.477. The lowest BCUT2D eigenvalue weighted by Gasteiger charge is -2.14. The van der Waals surface area contributed by atoms with Crippen LogP contribution in [0.1, 0.15) is 21.8 Å². The number of carbonyl (C=O) groups is 1. The van der Waals surface area contributed by atoms with Crippen molar-refractivity contribution in [2.24, 2.45) is 0 Å². The molecule has 0 saturated heterocycles. The maximum Gasteiger partial charge on any atom is 0.261 e. The van der Waals surface area contributed by atoms with E-state index in [1.54, 1.807) is 31.6 Å². The van der Waals surface area contributed by atoms with E-state index in [-0.39, 0.29) is 11.8 Å². The second kappa shape index (κ2) is 9.03. The third kappa shape index (κ3) is 4.23. The molecule has 0 aliphatic carbocycles. The van der Waals surface area contributed by atoms with Gasteiger partial charge in [0.1, 0.15) is 34.9 Å². The van der Waals surface area contributed by atoms with Crippen LogP contribution in [0.2, 0.25) is 0 Å². The summed E-state index contributed by atoms with van der Waals surface area (Å²) in [7, 11) is 5.48. The van der Waals surface area contributed by atoms with Crippen LogP contribution < -0.4 is 10.1 Å². The van der Waals surface area contributed by atoms with Crippen LogP contribution in [-0.2, 0) is 6.54 Å². The van der Waals surface area contributed by atoms with Crippen molar-refractivity contribution in [2.45, 2.75) is 13.5 Å². The van der Waals surface area contributed by atoms with Crippen LogP contribution in [0.5, 0.6) is 5.88 Å². The Labute approximate surface area is 185 Å². The molecule has 0 atom stereocenters. The van der Waals surface area contributed by atoms with Crippen molar-refractivity contribution in [1.29, 1.82) is 0 Å². The Morgan fingerprint density at radius 2 is 1.97 bits per heavy atom. The Morgan fingerprint density at radius 1 is 1.19 bits per heavy atom. The summed E-state index contributed by atoms with van der Waals surface area (Å²) in [5, 5.41) is 6.95. The normalized spacial score (nSPS) is 11.0. The number of aryl methyl sites for hydroxylation is 1. The average Bonchev–Trinajstić information content (AvgIpc) is 3.40. The maximum absolute atomic E-state index is 13.1. The molecule has 0 radical (unpaired) electrons. The number of rotatable bonds is 7. The van der Waals surface area contributed by atoms with Gasteiger partial charge in [0.2, 0.25) is 5.88 Å². The zero-order valence-corrected chi connectivity index (χ0v) is 18.4. The van der Waals surface area contributed by atoms with Gasteiger partial charge in [0.15, 0.2) is 0 Å². The number of nitrogens with zero attached hydrogens (tertiary/aromatic N) is 5. The second-order valence-corrected chi connectivity index (χ2v) is 7.50. The predicted octanol–water partition coefficient (Wildman–Crippen LogP) is 3.55. The first-order valence-electron chi connectivity index (χ1n) is 10.0. The standard InChI is InChI=1S/C23H24N6O3/c1-15-20(21(27-32-15)16-8-6-5-7-9-16)22(30)25-18-10-11-19(26-23(18)31-4)29-14-24-12-17(29)13-28(2)3/h5-12,14H,13H2,1-4H3,(H,25,30). The summed E-state index contributed by atoms with van der Waals surface area (Å²) >= 11 is 0. The molecule has 4 aromatic rings.